The molecule has 0 amide bonds. The van der Waals surface area contributed by atoms with Gasteiger partial charge in [0.2, 0.25) is 0 Å². The van der Waals surface area contributed by atoms with Gasteiger partial charge in [-0.1, -0.05) is 29.4 Å². The quantitative estimate of drug-likeness (QED) is 0.458. The van der Waals surface area contributed by atoms with E-state index >= 15 is 0 Å². The van der Waals surface area contributed by atoms with Gasteiger partial charge in [0, 0.05) is 29.6 Å². The SMILES string of the molecule is CCOC(=O)c1ccc2c(c1)cc(Cc1ccc(CN=O)cc1)n2CC. The molecule has 3 rings (SSSR count). The highest BCUT2D eigenvalue weighted by atomic mass is 16.5. The first-order valence-corrected chi connectivity index (χ1v) is 8.82. The van der Waals surface area contributed by atoms with E-state index in [0.29, 0.717) is 12.2 Å². The molecular formula is C21H22N2O3. The Morgan fingerprint density at radius 1 is 1.04 bits per heavy atom. The third-order valence-corrected chi connectivity index (χ3v) is 4.47. The molecule has 134 valence electrons. The number of carbonyl (C=O) groups excluding carboxylic acids is 1. The van der Waals surface area contributed by atoms with E-state index in [-0.39, 0.29) is 12.5 Å². The lowest BCUT2D eigenvalue weighted by molar-refractivity contribution is 0.0526. The second-order valence-corrected chi connectivity index (χ2v) is 6.15. The monoisotopic (exact) mass is 350 g/mol. The van der Waals surface area contributed by atoms with Gasteiger partial charge >= 0.3 is 5.97 Å². The molecule has 0 aliphatic heterocycles. The van der Waals surface area contributed by atoms with Crippen LogP contribution < -0.4 is 0 Å². The lowest BCUT2D eigenvalue weighted by atomic mass is 10.1. The molecule has 0 spiro atoms. The molecule has 0 saturated carbocycles. The topological polar surface area (TPSA) is 60.7 Å². The van der Waals surface area contributed by atoms with E-state index in [1.165, 1.54) is 11.3 Å². The Morgan fingerprint density at radius 2 is 1.77 bits per heavy atom. The zero-order chi connectivity index (χ0) is 18.5. The van der Waals surface area contributed by atoms with Gasteiger partial charge in [0.05, 0.1) is 12.2 Å². The van der Waals surface area contributed by atoms with E-state index in [4.69, 9.17) is 4.74 Å². The predicted molar refractivity (Wildman–Crippen MR) is 102 cm³/mol. The third kappa shape index (κ3) is 3.67. The Bertz CT molecular complexity index is 926. The minimum atomic E-state index is -0.292. The summed E-state index contributed by atoms with van der Waals surface area (Å²) in [5, 5.41) is 3.96. The van der Waals surface area contributed by atoms with Gasteiger partial charge < -0.3 is 9.30 Å². The number of ether oxygens (including phenoxy) is 1. The van der Waals surface area contributed by atoms with Gasteiger partial charge in [0.1, 0.15) is 6.54 Å². The molecule has 0 fully saturated rings. The van der Waals surface area contributed by atoms with E-state index < -0.39 is 0 Å². The average Bonchev–Trinajstić information content (AvgIpc) is 2.99. The summed E-state index contributed by atoms with van der Waals surface area (Å²) in [5.41, 5.74) is 4.95. The first-order valence-electron chi connectivity index (χ1n) is 8.82. The fraction of sp³-hybridized carbons (Fsp3) is 0.286. The van der Waals surface area contributed by atoms with Crippen LogP contribution in [0.2, 0.25) is 0 Å². The molecule has 0 N–H and O–H groups in total. The molecule has 0 aliphatic carbocycles. The van der Waals surface area contributed by atoms with Gasteiger partial charge in [-0.25, -0.2) is 4.79 Å². The van der Waals surface area contributed by atoms with Crippen molar-refractivity contribution >= 4 is 16.9 Å². The van der Waals surface area contributed by atoms with Crippen LogP contribution in [0.1, 0.15) is 41.0 Å². The van der Waals surface area contributed by atoms with Crippen molar-refractivity contribution < 1.29 is 9.53 Å². The first kappa shape index (κ1) is 17.9. The molecule has 5 nitrogen and oxygen atoms in total. The highest BCUT2D eigenvalue weighted by Crippen LogP contribution is 2.24. The number of fused-ring (bicyclic) bond motifs is 1. The maximum absolute atomic E-state index is 12.0. The van der Waals surface area contributed by atoms with E-state index in [1.807, 2.05) is 42.5 Å². The molecule has 1 aromatic heterocycles. The summed E-state index contributed by atoms with van der Waals surface area (Å²) in [7, 11) is 0. The Morgan fingerprint density at radius 3 is 2.42 bits per heavy atom. The van der Waals surface area contributed by atoms with Crippen LogP contribution in [0.3, 0.4) is 0 Å². The van der Waals surface area contributed by atoms with Crippen LogP contribution in [0.5, 0.6) is 0 Å². The molecule has 3 aromatic rings. The second kappa shape index (κ2) is 7.95. The summed E-state index contributed by atoms with van der Waals surface area (Å²) >= 11 is 0. The van der Waals surface area contributed by atoms with Crippen LogP contribution in [-0.4, -0.2) is 17.1 Å². The van der Waals surface area contributed by atoms with E-state index in [0.717, 1.165) is 29.4 Å². The minimum Gasteiger partial charge on any atom is -0.462 e. The second-order valence-electron chi connectivity index (χ2n) is 6.15. The highest BCUT2D eigenvalue weighted by Gasteiger charge is 2.12. The van der Waals surface area contributed by atoms with Crippen molar-refractivity contribution in [1.29, 1.82) is 0 Å². The lowest BCUT2D eigenvalue weighted by Crippen LogP contribution is -2.04. The van der Waals surface area contributed by atoms with Gasteiger partial charge in [0.25, 0.3) is 0 Å². The van der Waals surface area contributed by atoms with Crippen molar-refractivity contribution in [2.24, 2.45) is 5.18 Å². The largest absolute Gasteiger partial charge is 0.462 e. The Labute approximate surface area is 152 Å². The van der Waals surface area contributed by atoms with Crippen LogP contribution >= 0.6 is 0 Å². The van der Waals surface area contributed by atoms with E-state index in [2.05, 4.69) is 22.7 Å². The smallest absolute Gasteiger partial charge is 0.338 e. The van der Waals surface area contributed by atoms with Crippen molar-refractivity contribution in [3.8, 4) is 0 Å². The maximum atomic E-state index is 12.0. The van der Waals surface area contributed by atoms with Gasteiger partial charge in [-0.2, -0.15) is 4.91 Å². The number of esters is 1. The lowest BCUT2D eigenvalue weighted by Gasteiger charge is -2.09. The molecule has 0 saturated heterocycles. The summed E-state index contributed by atoms with van der Waals surface area (Å²) in [5.74, 6) is -0.292. The number of hydrogen-bond donors (Lipinski definition) is 0. The molecule has 0 radical (unpaired) electrons. The van der Waals surface area contributed by atoms with Gasteiger partial charge in [-0.05, 0) is 49.2 Å². The van der Waals surface area contributed by atoms with Crippen LogP contribution in [0.25, 0.3) is 10.9 Å². The Balaban J connectivity index is 1.92. The minimum absolute atomic E-state index is 0.201. The third-order valence-electron chi connectivity index (χ3n) is 4.47. The van der Waals surface area contributed by atoms with Gasteiger partial charge in [0.15, 0.2) is 0 Å². The van der Waals surface area contributed by atoms with Crippen molar-refractivity contribution in [2.45, 2.75) is 33.4 Å². The van der Waals surface area contributed by atoms with Crippen molar-refractivity contribution in [3.63, 3.8) is 0 Å². The molecular weight excluding hydrogens is 328 g/mol. The normalized spacial score (nSPS) is 10.8. The fourth-order valence-corrected chi connectivity index (χ4v) is 3.24. The zero-order valence-electron chi connectivity index (χ0n) is 15.1. The summed E-state index contributed by atoms with van der Waals surface area (Å²) in [6, 6.07) is 15.8. The van der Waals surface area contributed by atoms with E-state index in [9.17, 15) is 9.70 Å². The Hall–Kier alpha value is -2.95. The number of rotatable bonds is 7. The number of aryl methyl sites for hydroxylation is 1. The summed E-state index contributed by atoms with van der Waals surface area (Å²) in [6.45, 7) is 5.34. The molecule has 2 aromatic carbocycles. The summed E-state index contributed by atoms with van der Waals surface area (Å²) < 4.78 is 7.35. The highest BCUT2D eigenvalue weighted by molar-refractivity contribution is 5.95. The number of aromatic nitrogens is 1. The van der Waals surface area contributed by atoms with Crippen LogP contribution in [0, 0.1) is 4.91 Å². The molecule has 1 heterocycles. The molecule has 0 bridgehead atoms. The number of nitroso groups, excluding NO2 is 1. The molecule has 0 aliphatic rings. The van der Waals surface area contributed by atoms with E-state index in [1.54, 1.807) is 6.92 Å². The van der Waals surface area contributed by atoms with Crippen molar-refractivity contribution in [1.82, 2.24) is 4.57 Å². The van der Waals surface area contributed by atoms with Crippen LogP contribution in [0.15, 0.2) is 53.7 Å². The average molecular weight is 350 g/mol. The summed E-state index contributed by atoms with van der Waals surface area (Å²) in [6.07, 6.45) is 0.784. The Kier molecular flexibility index (Phi) is 5.46. The summed E-state index contributed by atoms with van der Waals surface area (Å²) in [4.78, 5) is 22.3. The zero-order valence-corrected chi connectivity index (χ0v) is 15.1. The first-order chi connectivity index (χ1) is 12.7. The molecule has 0 atom stereocenters. The van der Waals surface area contributed by atoms with Gasteiger partial charge in [-0.15, -0.1) is 0 Å². The molecule has 0 unspecified atom stereocenters. The number of hydrogen-bond acceptors (Lipinski definition) is 4. The number of carbonyl (C=O) groups is 1. The molecule has 5 heteroatoms. The predicted octanol–water partition coefficient (Wildman–Crippen LogP) is 4.70. The van der Waals surface area contributed by atoms with Crippen molar-refractivity contribution in [2.75, 3.05) is 6.61 Å². The standard InChI is InChI=1S/C21H22N2O3/c1-3-23-19(11-15-5-7-16(8-6-15)14-22-25)13-18-12-17(9-10-20(18)23)21(24)26-4-2/h5-10,12-13H,3-4,11,14H2,1-2H3. The van der Waals surface area contributed by atoms with Crippen LogP contribution in [-0.2, 0) is 24.2 Å². The fourth-order valence-electron chi connectivity index (χ4n) is 3.24. The van der Waals surface area contributed by atoms with Crippen molar-refractivity contribution in [3.05, 3.63) is 75.8 Å². The number of nitrogens with zero attached hydrogens (tertiary/aromatic N) is 2. The van der Waals surface area contributed by atoms with Gasteiger partial charge in [-0.3, -0.25) is 0 Å². The molecule has 26 heavy (non-hydrogen) atoms. The maximum Gasteiger partial charge on any atom is 0.338 e. The van der Waals surface area contributed by atoms with Crippen LogP contribution in [0.4, 0.5) is 0 Å². The number of benzene rings is 2.